The fraction of sp³-hybridized carbons (Fsp3) is 0.519. The molecule has 10 nitrogen and oxygen atoms in total. The van der Waals surface area contributed by atoms with Crippen molar-refractivity contribution in [1.82, 2.24) is 25.1 Å². The monoisotopic (exact) mass is 503 g/mol. The lowest BCUT2D eigenvalue weighted by Crippen LogP contribution is -2.57. The molecule has 0 aliphatic carbocycles. The molecule has 1 aromatic heterocycles. The van der Waals surface area contributed by atoms with Crippen molar-refractivity contribution in [3.05, 3.63) is 51.6 Å². The number of nitrogens with two attached hydrogens (primary N) is 1. The molecule has 0 saturated carbocycles. The quantitative estimate of drug-likeness (QED) is 0.535. The minimum absolute atomic E-state index is 0.0655. The topological polar surface area (TPSA) is 135 Å². The first-order valence-corrected chi connectivity index (χ1v) is 12.9. The van der Waals surface area contributed by atoms with E-state index in [4.69, 9.17) is 10.7 Å². The Labute approximate surface area is 215 Å². The van der Waals surface area contributed by atoms with Crippen molar-refractivity contribution in [3.8, 4) is 0 Å². The summed E-state index contributed by atoms with van der Waals surface area (Å²) in [5, 5.41) is 6.09. The van der Waals surface area contributed by atoms with Gasteiger partial charge in [0.05, 0.1) is 43.0 Å². The Hall–Kier alpha value is -3.53. The summed E-state index contributed by atoms with van der Waals surface area (Å²) in [6.07, 6.45) is 5.20. The number of benzene rings is 1. The molecule has 4 N–H and O–H groups in total. The van der Waals surface area contributed by atoms with Crippen LogP contribution in [0.1, 0.15) is 78.5 Å². The predicted molar refractivity (Wildman–Crippen MR) is 137 cm³/mol. The predicted octanol–water partition coefficient (Wildman–Crippen LogP) is 1.60. The highest BCUT2D eigenvalue weighted by Gasteiger charge is 2.48. The van der Waals surface area contributed by atoms with Gasteiger partial charge < -0.3 is 25.8 Å². The second-order valence-electron chi connectivity index (χ2n) is 11.4. The Morgan fingerprint density at radius 1 is 1.24 bits per heavy atom. The van der Waals surface area contributed by atoms with Crippen molar-refractivity contribution in [2.45, 2.75) is 76.7 Å². The summed E-state index contributed by atoms with van der Waals surface area (Å²) < 4.78 is 2.15. The first-order chi connectivity index (χ1) is 17.6. The van der Waals surface area contributed by atoms with Crippen molar-refractivity contribution in [1.29, 1.82) is 0 Å². The molecule has 1 atom stereocenters. The lowest BCUT2D eigenvalue weighted by atomic mass is 9.85. The number of fused-ring (bicyclic) bond motifs is 4. The van der Waals surface area contributed by atoms with Crippen LogP contribution in [0, 0.1) is 6.92 Å². The van der Waals surface area contributed by atoms with E-state index >= 15 is 0 Å². The van der Waals surface area contributed by atoms with E-state index in [1.165, 1.54) is 27.8 Å². The van der Waals surface area contributed by atoms with Gasteiger partial charge >= 0.3 is 6.03 Å². The van der Waals surface area contributed by atoms with Gasteiger partial charge in [-0.2, -0.15) is 0 Å². The van der Waals surface area contributed by atoms with Crippen LogP contribution in [-0.2, 0) is 34.6 Å². The number of nitrogens with one attached hydrogen (secondary N) is 2. The van der Waals surface area contributed by atoms with Crippen LogP contribution in [0.5, 0.6) is 0 Å². The molecule has 194 valence electrons. The highest BCUT2D eigenvalue weighted by atomic mass is 16.2. The van der Waals surface area contributed by atoms with Crippen LogP contribution >= 0.6 is 0 Å². The average Bonchev–Trinajstić information content (AvgIpc) is 3.52. The maximum atomic E-state index is 13.5. The summed E-state index contributed by atoms with van der Waals surface area (Å²) in [6, 6.07) is 1.69. The number of hydrogen-bond acceptors (Lipinski definition) is 6. The van der Waals surface area contributed by atoms with Crippen LogP contribution in [0.15, 0.2) is 17.3 Å². The molecule has 0 unspecified atom stereocenters. The van der Waals surface area contributed by atoms with Crippen LogP contribution in [0.25, 0.3) is 0 Å². The number of carbonyl (C=O) groups is 3. The number of aromatic nitrogens is 2. The number of ketones is 1. The highest BCUT2D eigenvalue weighted by Crippen LogP contribution is 2.35. The lowest BCUT2D eigenvalue weighted by molar-refractivity contribution is -0.124. The zero-order valence-corrected chi connectivity index (χ0v) is 21.6. The van der Waals surface area contributed by atoms with E-state index < -0.39 is 11.1 Å². The maximum absolute atomic E-state index is 13.5. The Morgan fingerprint density at radius 2 is 2.00 bits per heavy atom. The largest absolute Gasteiger partial charge is 0.343 e. The van der Waals surface area contributed by atoms with E-state index in [0.717, 1.165) is 11.5 Å². The fourth-order valence-electron chi connectivity index (χ4n) is 6.33. The van der Waals surface area contributed by atoms with E-state index in [0.29, 0.717) is 45.4 Å². The molecule has 4 aliphatic rings. The summed E-state index contributed by atoms with van der Waals surface area (Å²) in [4.78, 5) is 48.7. The van der Waals surface area contributed by atoms with Gasteiger partial charge in [0.1, 0.15) is 11.4 Å². The van der Waals surface area contributed by atoms with E-state index in [2.05, 4.69) is 33.2 Å². The molecule has 5 heterocycles. The third kappa shape index (κ3) is 3.85. The first kappa shape index (κ1) is 23.8. The number of urea groups is 1. The molecule has 2 aromatic rings. The molecule has 1 spiro atoms. The van der Waals surface area contributed by atoms with Gasteiger partial charge in [-0.1, -0.05) is 6.07 Å². The van der Waals surface area contributed by atoms with Crippen molar-refractivity contribution in [2.75, 3.05) is 13.1 Å². The molecule has 3 amide bonds. The summed E-state index contributed by atoms with van der Waals surface area (Å²) in [5.74, 6) is 0.492. The average molecular weight is 504 g/mol. The zero-order chi connectivity index (χ0) is 26.1. The molecule has 2 saturated heterocycles. The number of piperidine rings is 1. The van der Waals surface area contributed by atoms with Gasteiger partial charge in [0.15, 0.2) is 5.78 Å². The van der Waals surface area contributed by atoms with Crippen LogP contribution in [0.3, 0.4) is 0 Å². The standard InChI is InChI=1S/C27H33N7O3/c1-15-8-16-9-20(31-25(37)33-6-4-27(5-7-33)22(35)10-23(36)32-27)24-30-13-21(26(2,3)28)34(24)14-19(16)18-12-29-11-17(15)18/h8,12-13,20H,4-7,9-11,14,28H2,1-3H3,(H,31,37)(H,32,36)/t20-/m1/s1. The first-order valence-electron chi connectivity index (χ1n) is 12.9. The Balaban J connectivity index is 1.30. The number of aliphatic imine (C=N–C) groups is 1. The summed E-state index contributed by atoms with van der Waals surface area (Å²) in [7, 11) is 0. The number of hydrogen-bond donors (Lipinski definition) is 3. The molecule has 0 radical (unpaired) electrons. The Morgan fingerprint density at radius 3 is 2.68 bits per heavy atom. The fourth-order valence-corrected chi connectivity index (χ4v) is 6.33. The number of carbonyl (C=O) groups excluding carboxylic acids is 3. The van der Waals surface area contributed by atoms with E-state index in [-0.39, 0.29) is 30.2 Å². The second kappa shape index (κ2) is 8.24. The van der Waals surface area contributed by atoms with Crippen molar-refractivity contribution in [2.24, 2.45) is 10.7 Å². The smallest absolute Gasteiger partial charge is 0.317 e. The van der Waals surface area contributed by atoms with Gasteiger partial charge in [-0.3, -0.25) is 14.6 Å². The number of imidazole rings is 1. The third-order valence-electron chi connectivity index (χ3n) is 8.41. The number of nitrogens with zero attached hydrogens (tertiary/aromatic N) is 4. The highest BCUT2D eigenvalue weighted by molar-refractivity contribution is 6.10. The van der Waals surface area contributed by atoms with Crippen LogP contribution in [-0.4, -0.2) is 57.0 Å². The number of rotatable bonds is 2. The Bertz CT molecular complexity index is 1360. The van der Waals surface area contributed by atoms with Crippen molar-refractivity contribution >= 4 is 23.9 Å². The Kier molecular flexibility index (Phi) is 5.31. The normalized spacial score (nSPS) is 21.9. The van der Waals surface area contributed by atoms with E-state index in [1.807, 2.05) is 26.3 Å². The number of Topliss-reactive ketones (excluding diaryl/α,β-unsaturated/α-hetero) is 1. The summed E-state index contributed by atoms with van der Waals surface area (Å²) in [5.41, 5.74) is 12.1. The lowest BCUT2D eigenvalue weighted by Gasteiger charge is -2.38. The van der Waals surface area contributed by atoms with Gasteiger partial charge in [-0.25, -0.2) is 9.78 Å². The van der Waals surface area contributed by atoms with Gasteiger partial charge in [0.2, 0.25) is 5.91 Å². The minimum atomic E-state index is -0.813. The number of amides is 3. The van der Waals surface area contributed by atoms with Crippen molar-refractivity contribution < 1.29 is 14.4 Å². The molecule has 37 heavy (non-hydrogen) atoms. The third-order valence-corrected chi connectivity index (χ3v) is 8.41. The van der Waals surface area contributed by atoms with Crippen molar-refractivity contribution in [3.63, 3.8) is 0 Å². The van der Waals surface area contributed by atoms with Gasteiger partial charge in [0.25, 0.3) is 0 Å². The van der Waals surface area contributed by atoms with Crippen LogP contribution in [0.2, 0.25) is 0 Å². The molecule has 4 aliphatic heterocycles. The van der Waals surface area contributed by atoms with Crippen LogP contribution in [0.4, 0.5) is 4.79 Å². The molecule has 6 rings (SSSR count). The molecule has 2 fully saturated rings. The van der Waals surface area contributed by atoms with Gasteiger partial charge in [-0.05, 0) is 55.9 Å². The summed E-state index contributed by atoms with van der Waals surface area (Å²) >= 11 is 0. The zero-order valence-electron chi connectivity index (χ0n) is 21.6. The second-order valence-corrected chi connectivity index (χ2v) is 11.4. The van der Waals surface area contributed by atoms with E-state index in [9.17, 15) is 14.4 Å². The minimum Gasteiger partial charge on any atom is -0.343 e. The SMILES string of the molecule is Cc1cc2c(c3c1CN=C3)Cn1c(C(C)(C)N)cnc1[C@H](NC(=O)N1CCC3(CC1)NC(=O)CC3=O)C2. The summed E-state index contributed by atoms with van der Waals surface area (Å²) in [6.45, 7) is 8.16. The molecular formula is C27H33N7O3. The van der Waals surface area contributed by atoms with Crippen LogP contribution < -0.4 is 16.4 Å². The molecular weight excluding hydrogens is 470 g/mol. The number of likely N-dealkylation sites (tertiary alicyclic amines) is 1. The number of aryl methyl sites for hydroxylation is 1. The van der Waals surface area contributed by atoms with Gasteiger partial charge in [0, 0.05) is 31.3 Å². The van der Waals surface area contributed by atoms with Gasteiger partial charge in [-0.15, -0.1) is 0 Å². The van der Waals surface area contributed by atoms with E-state index in [1.54, 1.807) is 4.90 Å². The molecule has 10 heteroatoms. The maximum Gasteiger partial charge on any atom is 0.317 e. The molecule has 0 bridgehead atoms. The molecule has 1 aromatic carbocycles.